The fraction of sp³-hybridized carbons (Fsp3) is 0.368. The molecule has 3 rings (SSSR count). The number of nitrogens with one attached hydrogen (secondary N) is 1. The second-order valence-electron chi connectivity index (χ2n) is 7.12. The number of carbonyl (C=O) groups excluding carboxylic acids is 1. The first-order chi connectivity index (χ1) is 12.7. The SMILES string of the molecule is CCN(C)C(=O)C(C)(C)Cc1nc(-c2c[nH]c3ncc(F)cc23)ncc1F. The van der Waals surface area contributed by atoms with E-state index in [2.05, 4.69) is 19.9 Å². The van der Waals surface area contributed by atoms with Crippen molar-refractivity contribution in [2.75, 3.05) is 13.6 Å². The summed E-state index contributed by atoms with van der Waals surface area (Å²) in [7, 11) is 1.71. The third kappa shape index (κ3) is 3.65. The van der Waals surface area contributed by atoms with Crippen LogP contribution in [0.3, 0.4) is 0 Å². The van der Waals surface area contributed by atoms with Gasteiger partial charge in [0, 0.05) is 42.6 Å². The molecule has 0 aliphatic carbocycles. The summed E-state index contributed by atoms with van der Waals surface area (Å²) in [6.45, 7) is 5.95. The van der Waals surface area contributed by atoms with Gasteiger partial charge in [-0.15, -0.1) is 0 Å². The first-order valence-corrected chi connectivity index (χ1v) is 8.63. The molecule has 3 aromatic rings. The third-order valence-electron chi connectivity index (χ3n) is 4.56. The fourth-order valence-corrected chi connectivity index (χ4v) is 2.97. The molecule has 27 heavy (non-hydrogen) atoms. The summed E-state index contributed by atoms with van der Waals surface area (Å²) in [6, 6.07) is 1.32. The average molecular weight is 373 g/mol. The molecule has 0 aliphatic heterocycles. The zero-order valence-corrected chi connectivity index (χ0v) is 15.7. The van der Waals surface area contributed by atoms with Crippen molar-refractivity contribution in [3.63, 3.8) is 0 Å². The van der Waals surface area contributed by atoms with Gasteiger partial charge in [-0.3, -0.25) is 4.79 Å². The van der Waals surface area contributed by atoms with Crippen LogP contribution in [0.25, 0.3) is 22.4 Å². The van der Waals surface area contributed by atoms with Crippen LogP contribution in [0.4, 0.5) is 8.78 Å². The highest BCUT2D eigenvalue weighted by Gasteiger charge is 2.32. The first-order valence-electron chi connectivity index (χ1n) is 8.63. The minimum absolute atomic E-state index is 0.0945. The number of carbonyl (C=O) groups is 1. The van der Waals surface area contributed by atoms with E-state index in [-0.39, 0.29) is 23.8 Å². The number of H-pyrrole nitrogens is 1. The summed E-state index contributed by atoms with van der Waals surface area (Å²) in [5.74, 6) is -0.914. The predicted molar refractivity (Wildman–Crippen MR) is 97.8 cm³/mol. The maximum absolute atomic E-state index is 14.3. The van der Waals surface area contributed by atoms with Crippen molar-refractivity contribution in [1.29, 1.82) is 0 Å². The summed E-state index contributed by atoms with van der Waals surface area (Å²) in [5, 5.41) is 0.508. The van der Waals surface area contributed by atoms with Crippen LogP contribution in [-0.2, 0) is 11.2 Å². The van der Waals surface area contributed by atoms with Crippen LogP contribution in [0.1, 0.15) is 26.5 Å². The second-order valence-corrected chi connectivity index (χ2v) is 7.12. The Bertz CT molecular complexity index is 999. The Hall–Kier alpha value is -2.90. The van der Waals surface area contributed by atoms with E-state index < -0.39 is 17.0 Å². The molecule has 3 aromatic heterocycles. The molecule has 0 radical (unpaired) electrons. The van der Waals surface area contributed by atoms with Crippen molar-refractivity contribution in [2.24, 2.45) is 5.41 Å². The van der Waals surface area contributed by atoms with E-state index in [0.717, 1.165) is 12.4 Å². The third-order valence-corrected chi connectivity index (χ3v) is 4.56. The molecule has 1 N–H and O–H groups in total. The Balaban J connectivity index is 1.99. The largest absolute Gasteiger partial charge is 0.346 e. The Labute approximate surface area is 155 Å². The molecular formula is C19H21F2N5O. The van der Waals surface area contributed by atoms with Crippen LogP contribution in [0, 0.1) is 17.0 Å². The van der Waals surface area contributed by atoms with Crippen molar-refractivity contribution in [3.05, 3.63) is 42.0 Å². The monoisotopic (exact) mass is 373 g/mol. The summed E-state index contributed by atoms with van der Waals surface area (Å²) >= 11 is 0. The van der Waals surface area contributed by atoms with Gasteiger partial charge in [0.15, 0.2) is 11.6 Å². The van der Waals surface area contributed by atoms with Gasteiger partial charge in [-0.1, -0.05) is 13.8 Å². The Kier molecular flexibility index (Phi) is 4.91. The number of halogens is 2. The number of aromatic nitrogens is 4. The van der Waals surface area contributed by atoms with E-state index in [4.69, 9.17) is 0 Å². The van der Waals surface area contributed by atoms with E-state index in [0.29, 0.717) is 23.1 Å². The maximum Gasteiger partial charge on any atom is 0.228 e. The lowest BCUT2D eigenvalue weighted by molar-refractivity contribution is -0.138. The van der Waals surface area contributed by atoms with Gasteiger partial charge in [-0.2, -0.15) is 0 Å². The smallest absolute Gasteiger partial charge is 0.228 e. The van der Waals surface area contributed by atoms with Crippen molar-refractivity contribution in [1.82, 2.24) is 24.8 Å². The average Bonchev–Trinajstić information content (AvgIpc) is 3.05. The zero-order chi connectivity index (χ0) is 19.8. The van der Waals surface area contributed by atoms with Gasteiger partial charge in [0.25, 0.3) is 0 Å². The molecule has 0 saturated heterocycles. The van der Waals surface area contributed by atoms with Gasteiger partial charge < -0.3 is 9.88 Å². The van der Waals surface area contributed by atoms with E-state index in [1.54, 1.807) is 32.0 Å². The van der Waals surface area contributed by atoms with Crippen molar-refractivity contribution >= 4 is 16.9 Å². The van der Waals surface area contributed by atoms with Gasteiger partial charge in [-0.05, 0) is 13.0 Å². The summed E-state index contributed by atoms with van der Waals surface area (Å²) in [5.41, 5.74) is 0.320. The number of hydrogen-bond donors (Lipinski definition) is 1. The number of hydrogen-bond acceptors (Lipinski definition) is 4. The highest BCUT2D eigenvalue weighted by Crippen LogP contribution is 2.28. The molecule has 0 aliphatic rings. The number of amides is 1. The summed E-state index contributed by atoms with van der Waals surface area (Å²) in [6.07, 6.45) is 3.91. The Morgan fingerprint density at radius 1 is 1.26 bits per heavy atom. The van der Waals surface area contributed by atoms with Crippen LogP contribution in [-0.4, -0.2) is 44.3 Å². The molecule has 142 valence electrons. The molecule has 0 spiro atoms. The first kappa shape index (κ1) is 18.9. The van der Waals surface area contributed by atoms with Crippen molar-refractivity contribution in [2.45, 2.75) is 27.2 Å². The molecule has 0 atom stereocenters. The number of nitrogens with zero attached hydrogens (tertiary/aromatic N) is 4. The molecule has 1 amide bonds. The van der Waals surface area contributed by atoms with Crippen LogP contribution in [0.5, 0.6) is 0 Å². The van der Waals surface area contributed by atoms with Gasteiger partial charge >= 0.3 is 0 Å². The Morgan fingerprint density at radius 2 is 2.00 bits per heavy atom. The molecule has 0 aromatic carbocycles. The van der Waals surface area contributed by atoms with E-state index >= 15 is 0 Å². The van der Waals surface area contributed by atoms with Crippen molar-refractivity contribution in [3.8, 4) is 11.4 Å². The van der Waals surface area contributed by atoms with Crippen LogP contribution >= 0.6 is 0 Å². The van der Waals surface area contributed by atoms with Gasteiger partial charge in [0.05, 0.1) is 18.1 Å². The molecule has 6 nitrogen and oxygen atoms in total. The minimum Gasteiger partial charge on any atom is -0.346 e. The highest BCUT2D eigenvalue weighted by atomic mass is 19.1. The molecule has 3 heterocycles. The van der Waals surface area contributed by atoms with E-state index in [9.17, 15) is 13.6 Å². The van der Waals surface area contributed by atoms with E-state index in [1.165, 1.54) is 6.07 Å². The van der Waals surface area contributed by atoms with Gasteiger partial charge in [0.1, 0.15) is 11.5 Å². The minimum atomic E-state index is -0.828. The topological polar surface area (TPSA) is 74.8 Å². The quantitative estimate of drug-likeness (QED) is 0.744. The molecule has 0 bridgehead atoms. The normalized spacial score (nSPS) is 11.8. The molecule has 0 saturated carbocycles. The van der Waals surface area contributed by atoms with Gasteiger partial charge in [-0.25, -0.2) is 23.7 Å². The molecule has 0 fully saturated rings. The molecule has 8 heteroatoms. The lowest BCUT2D eigenvalue weighted by atomic mass is 9.86. The molecule has 0 unspecified atom stereocenters. The summed E-state index contributed by atoms with van der Waals surface area (Å²) < 4.78 is 27.9. The second kappa shape index (κ2) is 7.02. The van der Waals surface area contributed by atoms with Crippen LogP contribution in [0.15, 0.2) is 24.7 Å². The lowest BCUT2D eigenvalue weighted by Gasteiger charge is -2.28. The van der Waals surface area contributed by atoms with Crippen LogP contribution < -0.4 is 0 Å². The van der Waals surface area contributed by atoms with Crippen molar-refractivity contribution < 1.29 is 13.6 Å². The Morgan fingerprint density at radius 3 is 2.70 bits per heavy atom. The van der Waals surface area contributed by atoms with E-state index in [1.807, 2.05) is 6.92 Å². The number of rotatable bonds is 5. The number of pyridine rings is 1. The molecular weight excluding hydrogens is 352 g/mol. The number of fused-ring (bicyclic) bond motifs is 1. The standard InChI is InChI=1S/C19H21F2N5O/c1-5-26(4)18(27)19(2,3)7-15-14(21)10-24-17(25-15)13-9-23-16-12(13)6-11(20)8-22-16/h6,8-10H,5,7H2,1-4H3,(H,22,23). The maximum atomic E-state index is 14.3. The zero-order valence-electron chi connectivity index (χ0n) is 15.7. The predicted octanol–water partition coefficient (Wildman–Crippen LogP) is 3.35. The number of aromatic amines is 1. The summed E-state index contributed by atoms with van der Waals surface area (Å²) in [4.78, 5) is 29.4. The highest BCUT2D eigenvalue weighted by molar-refractivity contribution is 5.91. The van der Waals surface area contributed by atoms with Gasteiger partial charge in [0.2, 0.25) is 5.91 Å². The fourth-order valence-electron chi connectivity index (χ4n) is 2.97. The lowest BCUT2D eigenvalue weighted by Crippen LogP contribution is -2.40. The van der Waals surface area contributed by atoms with Crippen LogP contribution in [0.2, 0.25) is 0 Å².